The van der Waals surface area contributed by atoms with Gasteiger partial charge in [0.2, 0.25) is 0 Å². The van der Waals surface area contributed by atoms with E-state index in [1.165, 1.54) is 0 Å². The van der Waals surface area contributed by atoms with Crippen molar-refractivity contribution in [3.05, 3.63) is 60.7 Å². The average Bonchev–Trinajstić information content (AvgIpc) is 2.49. The van der Waals surface area contributed by atoms with Gasteiger partial charge < -0.3 is 9.05 Å². The number of hydrogen-bond acceptors (Lipinski definition) is 2. The van der Waals surface area contributed by atoms with Crippen LogP contribution in [0.2, 0.25) is 0 Å². The van der Waals surface area contributed by atoms with Crippen LogP contribution in [0.1, 0.15) is 13.8 Å². The maximum atomic E-state index is 5.97. The highest BCUT2D eigenvalue weighted by atomic mass is 31.2. The monoisotopic (exact) mass is 284 g/mol. The first-order valence-electron chi connectivity index (χ1n) is 6.47. The molecule has 3 heteroatoms. The number of para-hydroxylation sites is 2. The quantitative estimate of drug-likeness (QED) is 0.576. The highest BCUT2D eigenvalue weighted by molar-refractivity contribution is 7.49. The van der Waals surface area contributed by atoms with E-state index in [0.29, 0.717) is 0 Å². The fourth-order valence-electron chi connectivity index (χ4n) is 1.61. The molecule has 0 aliphatic rings. The zero-order valence-electron chi connectivity index (χ0n) is 11.6. The zero-order chi connectivity index (χ0) is 14.2. The van der Waals surface area contributed by atoms with Crippen LogP contribution in [0.15, 0.2) is 60.7 Å². The van der Waals surface area contributed by atoms with Crippen molar-refractivity contribution in [3.8, 4) is 23.3 Å². The molecule has 0 unspecified atom stereocenters. The molecule has 2 rings (SSSR count). The van der Waals surface area contributed by atoms with E-state index in [9.17, 15) is 0 Å². The minimum atomic E-state index is -1.15. The fourth-order valence-corrected chi connectivity index (χ4v) is 2.86. The van der Waals surface area contributed by atoms with Gasteiger partial charge >= 0.3 is 8.38 Å². The Balaban J connectivity index is 2.14. The smallest absolute Gasteiger partial charge is 0.306 e. The van der Waals surface area contributed by atoms with Gasteiger partial charge in [-0.25, -0.2) is 0 Å². The molecule has 0 aromatic heterocycles. The Morgan fingerprint density at radius 1 is 0.850 bits per heavy atom. The lowest BCUT2D eigenvalue weighted by atomic mass is 10.3. The molecule has 0 N–H and O–H groups in total. The third-order valence-corrected chi connectivity index (χ3v) is 4.09. The maximum Gasteiger partial charge on any atom is 0.306 e. The highest BCUT2D eigenvalue weighted by Crippen LogP contribution is 2.44. The summed E-state index contributed by atoms with van der Waals surface area (Å²) < 4.78 is 11.9. The van der Waals surface area contributed by atoms with Crippen molar-refractivity contribution in [3.63, 3.8) is 0 Å². The molecule has 0 aliphatic carbocycles. The van der Waals surface area contributed by atoms with Crippen molar-refractivity contribution in [1.82, 2.24) is 0 Å². The summed E-state index contributed by atoms with van der Waals surface area (Å²) in [4.78, 5) is 0. The molecule has 2 aromatic rings. The molecule has 0 bridgehead atoms. The van der Waals surface area contributed by atoms with Gasteiger partial charge in [-0.2, -0.15) is 0 Å². The van der Waals surface area contributed by atoms with Crippen LogP contribution in [0.4, 0.5) is 0 Å². The van der Waals surface area contributed by atoms with E-state index in [-0.39, 0.29) is 5.66 Å². The molecule has 0 spiro atoms. The molecule has 0 saturated heterocycles. The Labute approximate surface area is 121 Å². The Bertz CT molecular complexity index is 531. The van der Waals surface area contributed by atoms with E-state index < -0.39 is 8.38 Å². The van der Waals surface area contributed by atoms with Gasteiger partial charge in [-0.1, -0.05) is 42.3 Å². The summed E-state index contributed by atoms with van der Waals surface area (Å²) in [7, 11) is -1.15. The highest BCUT2D eigenvalue weighted by Gasteiger charge is 2.21. The largest absolute Gasteiger partial charge is 0.438 e. The molecule has 0 aliphatic heterocycles. The Hall–Kier alpha value is -1.97. The van der Waals surface area contributed by atoms with Gasteiger partial charge in [0.1, 0.15) is 17.2 Å². The molecule has 0 fully saturated rings. The van der Waals surface area contributed by atoms with Gasteiger partial charge in [0.25, 0.3) is 0 Å². The third-order valence-electron chi connectivity index (χ3n) is 2.55. The second kappa shape index (κ2) is 7.58. The van der Waals surface area contributed by atoms with Crippen LogP contribution < -0.4 is 9.05 Å². The minimum absolute atomic E-state index is 0.0374. The molecule has 102 valence electrons. The summed E-state index contributed by atoms with van der Waals surface area (Å²) in [5, 5.41) is 0. The second-order valence-electron chi connectivity index (χ2n) is 4.16. The fraction of sp³-hybridized carbons (Fsp3) is 0.176. The Morgan fingerprint density at radius 2 is 1.30 bits per heavy atom. The van der Waals surface area contributed by atoms with E-state index in [4.69, 9.17) is 9.05 Å². The van der Waals surface area contributed by atoms with Gasteiger partial charge in [0.15, 0.2) is 0 Å². The molecule has 1 atom stereocenters. The first-order chi connectivity index (χ1) is 9.79. The van der Waals surface area contributed by atoms with Crippen LogP contribution in [0.3, 0.4) is 0 Å². The van der Waals surface area contributed by atoms with Crippen LogP contribution in [0.25, 0.3) is 0 Å². The summed E-state index contributed by atoms with van der Waals surface area (Å²) in [5.74, 6) is 7.65. The lowest BCUT2D eigenvalue weighted by Crippen LogP contribution is -2.07. The van der Waals surface area contributed by atoms with E-state index in [2.05, 4.69) is 11.8 Å². The molecular weight excluding hydrogens is 267 g/mol. The normalized spacial score (nSPS) is 11.3. The molecule has 0 amide bonds. The van der Waals surface area contributed by atoms with E-state index in [1.54, 1.807) is 0 Å². The lowest BCUT2D eigenvalue weighted by molar-refractivity contribution is 0.485. The standard InChI is InChI=1S/C17H17O2P/c1-3-10-15(2)20(18-16-11-6-4-7-12-16)19-17-13-8-5-9-14-17/h4-9,11-15H,1-2H3/t15-/m0/s1. The van der Waals surface area contributed by atoms with Crippen molar-refractivity contribution in [2.75, 3.05) is 0 Å². The number of benzene rings is 2. The predicted molar refractivity (Wildman–Crippen MR) is 84.0 cm³/mol. The van der Waals surface area contributed by atoms with Gasteiger partial charge in [0.05, 0.1) is 0 Å². The van der Waals surface area contributed by atoms with Crippen LogP contribution in [0.5, 0.6) is 11.5 Å². The second-order valence-corrected chi connectivity index (χ2v) is 5.87. The van der Waals surface area contributed by atoms with Gasteiger partial charge in [-0.3, -0.25) is 0 Å². The minimum Gasteiger partial charge on any atom is -0.438 e. The predicted octanol–water partition coefficient (Wildman–Crippen LogP) is 4.87. The van der Waals surface area contributed by atoms with E-state index in [1.807, 2.05) is 74.5 Å². The summed E-state index contributed by atoms with van der Waals surface area (Å²) >= 11 is 0. The molecule has 2 nitrogen and oxygen atoms in total. The molecule has 0 radical (unpaired) electrons. The summed E-state index contributed by atoms with van der Waals surface area (Å²) in [6, 6.07) is 19.4. The van der Waals surface area contributed by atoms with Crippen molar-refractivity contribution < 1.29 is 9.05 Å². The summed E-state index contributed by atoms with van der Waals surface area (Å²) in [6.45, 7) is 3.85. The lowest BCUT2D eigenvalue weighted by Gasteiger charge is -2.21. The number of rotatable bonds is 5. The van der Waals surface area contributed by atoms with Crippen LogP contribution in [-0.4, -0.2) is 5.66 Å². The third kappa shape index (κ3) is 4.30. The van der Waals surface area contributed by atoms with E-state index >= 15 is 0 Å². The van der Waals surface area contributed by atoms with Gasteiger partial charge in [-0.05, 0) is 38.1 Å². The van der Waals surface area contributed by atoms with Crippen LogP contribution in [0, 0.1) is 11.8 Å². The molecular formula is C17H17O2P. The Kier molecular flexibility index (Phi) is 5.47. The topological polar surface area (TPSA) is 18.5 Å². The van der Waals surface area contributed by atoms with Crippen molar-refractivity contribution in [1.29, 1.82) is 0 Å². The zero-order valence-corrected chi connectivity index (χ0v) is 12.5. The molecule has 0 saturated carbocycles. The maximum absolute atomic E-state index is 5.97. The molecule has 0 heterocycles. The van der Waals surface area contributed by atoms with Crippen LogP contribution >= 0.6 is 8.38 Å². The van der Waals surface area contributed by atoms with Gasteiger partial charge in [-0.15, -0.1) is 5.92 Å². The van der Waals surface area contributed by atoms with Crippen molar-refractivity contribution >= 4 is 8.38 Å². The summed E-state index contributed by atoms with van der Waals surface area (Å²) in [6.07, 6.45) is 0. The molecule has 20 heavy (non-hydrogen) atoms. The molecule has 2 aromatic carbocycles. The first-order valence-corrected chi connectivity index (χ1v) is 7.72. The van der Waals surface area contributed by atoms with Crippen molar-refractivity contribution in [2.24, 2.45) is 0 Å². The van der Waals surface area contributed by atoms with Crippen LogP contribution in [-0.2, 0) is 0 Å². The SMILES string of the molecule is CC#C[C@H](C)P(Oc1ccccc1)Oc1ccccc1. The average molecular weight is 284 g/mol. The summed E-state index contributed by atoms with van der Waals surface area (Å²) in [5.41, 5.74) is 0.0374. The Morgan fingerprint density at radius 3 is 1.70 bits per heavy atom. The van der Waals surface area contributed by atoms with Gasteiger partial charge in [0, 0.05) is 0 Å². The number of hydrogen-bond donors (Lipinski definition) is 0. The first kappa shape index (κ1) is 14.4. The van der Waals surface area contributed by atoms with E-state index in [0.717, 1.165) is 11.5 Å². The van der Waals surface area contributed by atoms with Crippen molar-refractivity contribution in [2.45, 2.75) is 19.5 Å².